The quantitative estimate of drug-likeness (QED) is 0.659. The van der Waals surface area contributed by atoms with Crippen molar-refractivity contribution in [3.63, 3.8) is 0 Å². The second-order valence-electron chi connectivity index (χ2n) is 8.89. The molecule has 0 N–H and O–H groups in total. The number of ether oxygens (including phenoxy) is 1. The Morgan fingerprint density at radius 2 is 2.00 bits per heavy atom. The third-order valence-corrected chi connectivity index (χ3v) is 7.54. The van der Waals surface area contributed by atoms with Crippen molar-refractivity contribution in [3.8, 4) is 5.75 Å². The first kappa shape index (κ1) is 17.4. The standard InChI is InChI=1S/C21H28BrNO2/c1-23(13-15-4-3-5-18(7-15)25-2)19(24)12-20-8-16-6-17(9-20)11-21(22,10-16)14-20/h3-5,7,16-17H,6,8-14H2,1-2H3/t16-,17-,20?,21?/m1/s1. The number of nitrogens with zero attached hydrogens (tertiary/aromatic N) is 1. The third-order valence-electron chi connectivity index (χ3n) is 6.62. The van der Waals surface area contributed by atoms with Crippen molar-refractivity contribution in [2.75, 3.05) is 14.2 Å². The number of carbonyl (C=O) groups is 1. The monoisotopic (exact) mass is 405 g/mol. The van der Waals surface area contributed by atoms with Gasteiger partial charge in [0.15, 0.2) is 0 Å². The zero-order valence-corrected chi connectivity index (χ0v) is 16.8. The lowest BCUT2D eigenvalue weighted by Gasteiger charge is -2.60. The molecule has 0 unspecified atom stereocenters. The second kappa shape index (κ2) is 6.29. The zero-order valence-electron chi connectivity index (χ0n) is 15.3. The lowest BCUT2D eigenvalue weighted by atomic mass is 9.48. The summed E-state index contributed by atoms with van der Waals surface area (Å²) in [6.45, 7) is 0.651. The fraction of sp³-hybridized carbons (Fsp3) is 0.667. The predicted octanol–water partition coefficient (Wildman–Crippen LogP) is 4.78. The van der Waals surface area contributed by atoms with Gasteiger partial charge < -0.3 is 9.64 Å². The molecule has 4 heteroatoms. The van der Waals surface area contributed by atoms with E-state index in [1.807, 2.05) is 30.1 Å². The summed E-state index contributed by atoms with van der Waals surface area (Å²) in [7, 11) is 3.61. The summed E-state index contributed by atoms with van der Waals surface area (Å²) in [4.78, 5) is 14.9. The number of hydrogen-bond acceptors (Lipinski definition) is 2. The molecule has 4 saturated carbocycles. The Kier molecular flexibility index (Phi) is 4.38. The average molecular weight is 406 g/mol. The highest BCUT2D eigenvalue weighted by Gasteiger charge is 2.57. The molecule has 1 aromatic rings. The molecule has 0 spiro atoms. The summed E-state index contributed by atoms with van der Waals surface area (Å²) in [5.41, 5.74) is 1.37. The average Bonchev–Trinajstić information content (AvgIpc) is 2.52. The minimum atomic E-state index is 0.243. The molecule has 4 bridgehead atoms. The Labute approximate surface area is 159 Å². The van der Waals surface area contributed by atoms with Crippen molar-refractivity contribution in [3.05, 3.63) is 29.8 Å². The van der Waals surface area contributed by atoms with Crippen molar-refractivity contribution in [2.45, 2.75) is 55.8 Å². The topological polar surface area (TPSA) is 29.5 Å². The minimum Gasteiger partial charge on any atom is -0.497 e. The lowest BCUT2D eigenvalue weighted by molar-refractivity contribution is -0.137. The smallest absolute Gasteiger partial charge is 0.223 e. The van der Waals surface area contributed by atoms with Crippen LogP contribution >= 0.6 is 15.9 Å². The highest BCUT2D eigenvalue weighted by Crippen LogP contribution is 2.65. The van der Waals surface area contributed by atoms with Crippen LogP contribution in [0.2, 0.25) is 0 Å². The van der Waals surface area contributed by atoms with Crippen molar-refractivity contribution in [2.24, 2.45) is 17.3 Å². The van der Waals surface area contributed by atoms with Gasteiger partial charge in [0.1, 0.15) is 5.75 Å². The number of benzene rings is 1. The Morgan fingerprint density at radius 1 is 1.28 bits per heavy atom. The van der Waals surface area contributed by atoms with E-state index in [1.165, 1.54) is 38.5 Å². The molecule has 136 valence electrons. The van der Waals surface area contributed by atoms with Gasteiger partial charge in [0.2, 0.25) is 5.91 Å². The first-order valence-electron chi connectivity index (χ1n) is 9.45. The molecule has 0 aromatic heterocycles. The number of methoxy groups -OCH3 is 1. The summed E-state index contributed by atoms with van der Waals surface area (Å²) in [6.07, 6.45) is 8.45. The van der Waals surface area contributed by atoms with Crippen molar-refractivity contribution < 1.29 is 9.53 Å². The van der Waals surface area contributed by atoms with Crippen molar-refractivity contribution >= 4 is 21.8 Å². The molecule has 1 amide bonds. The summed E-state index contributed by atoms with van der Waals surface area (Å²) in [5.74, 6) is 2.80. The largest absolute Gasteiger partial charge is 0.497 e. The molecular weight excluding hydrogens is 378 g/mol. The van der Waals surface area contributed by atoms with Gasteiger partial charge >= 0.3 is 0 Å². The van der Waals surface area contributed by atoms with Crippen LogP contribution in [-0.2, 0) is 11.3 Å². The molecule has 0 heterocycles. The van der Waals surface area contributed by atoms with Gasteiger partial charge in [0.05, 0.1) is 7.11 Å². The molecule has 4 aliphatic carbocycles. The predicted molar refractivity (Wildman–Crippen MR) is 103 cm³/mol. The summed E-state index contributed by atoms with van der Waals surface area (Å²) >= 11 is 4.05. The van der Waals surface area contributed by atoms with Crippen LogP contribution in [0.25, 0.3) is 0 Å². The maximum atomic E-state index is 13.0. The number of alkyl halides is 1. The van der Waals surface area contributed by atoms with E-state index in [0.29, 0.717) is 23.2 Å². The van der Waals surface area contributed by atoms with Gasteiger partial charge in [0.25, 0.3) is 0 Å². The van der Waals surface area contributed by atoms with Crippen LogP contribution in [0.5, 0.6) is 5.75 Å². The van der Waals surface area contributed by atoms with Crippen LogP contribution in [0, 0.1) is 17.3 Å². The van der Waals surface area contributed by atoms with E-state index in [0.717, 1.165) is 23.1 Å². The van der Waals surface area contributed by atoms with Crippen LogP contribution in [0.4, 0.5) is 0 Å². The number of hydrogen-bond donors (Lipinski definition) is 0. The molecule has 25 heavy (non-hydrogen) atoms. The fourth-order valence-corrected chi connectivity index (χ4v) is 7.64. The van der Waals surface area contributed by atoms with E-state index in [9.17, 15) is 4.79 Å². The first-order chi connectivity index (χ1) is 11.9. The van der Waals surface area contributed by atoms with E-state index >= 15 is 0 Å². The first-order valence-corrected chi connectivity index (χ1v) is 10.2. The molecule has 1 aromatic carbocycles. The van der Waals surface area contributed by atoms with E-state index in [2.05, 4.69) is 22.0 Å². The molecule has 5 rings (SSSR count). The maximum Gasteiger partial charge on any atom is 0.223 e. The number of halogens is 1. The summed E-state index contributed by atoms with van der Waals surface area (Å²) in [5, 5.41) is 0. The van der Waals surface area contributed by atoms with Crippen LogP contribution in [0.1, 0.15) is 50.5 Å². The Hall–Kier alpha value is -1.03. The van der Waals surface area contributed by atoms with Crippen LogP contribution in [0.3, 0.4) is 0 Å². The van der Waals surface area contributed by atoms with Crippen molar-refractivity contribution in [1.82, 2.24) is 4.90 Å². The van der Waals surface area contributed by atoms with Crippen LogP contribution in [0.15, 0.2) is 24.3 Å². The molecule has 2 atom stereocenters. The summed E-state index contributed by atoms with van der Waals surface area (Å²) < 4.78 is 5.61. The molecule has 4 fully saturated rings. The highest BCUT2D eigenvalue weighted by molar-refractivity contribution is 9.10. The lowest BCUT2D eigenvalue weighted by Crippen LogP contribution is -2.54. The van der Waals surface area contributed by atoms with Crippen LogP contribution in [-0.4, -0.2) is 29.3 Å². The van der Waals surface area contributed by atoms with E-state index < -0.39 is 0 Å². The molecule has 0 radical (unpaired) electrons. The third kappa shape index (κ3) is 3.47. The fourth-order valence-electron chi connectivity index (χ4n) is 6.13. The number of rotatable bonds is 5. The van der Waals surface area contributed by atoms with Gasteiger partial charge in [-0.1, -0.05) is 28.1 Å². The summed E-state index contributed by atoms with van der Waals surface area (Å²) in [6, 6.07) is 8.00. The van der Waals surface area contributed by atoms with Gasteiger partial charge in [-0.05, 0) is 73.5 Å². The minimum absolute atomic E-state index is 0.243. The van der Waals surface area contributed by atoms with Gasteiger partial charge in [-0.15, -0.1) is 0 Å². The maximum absolute atomic E-state index is 13.0. The zero-order chi connectivity index (χ0) is 17.7. The molecular formula is C21H28BrNO2. The van der Waals surface area contributed by atoms with Gasteiger partial charge in [-0.3, -0.25) is 4.79 Å². The molecule has 0 aliphatic heterocycles. The molecule has 3 nitrogen and oxygen atoms in total. The Balaban J connectivity index is 1.43. The Bertz CT molecular complexity index is 660. The SMILES string of the molecule is COc1cccc(CN(C)C(=O)CC23C[C@H]4C[C@@H](CC(Br)(C4)C2)C3)c1. The second-order valence-corrected chi connectivity index (χ2v) is 10.6. The van der Waals surface area contributed by atoms with Crippen LogP contribution < -0.4 is 4.74 Å². The normalized spacial score (nSPS) is 35.6. The van der Waals surface area contributed by atoms with E-state index in [-0.39, 0.29) is 5.41 Å². The number of carbonyl (C=O) groups excluding carboxylic acids is 1. The van der Waals surface area contributed by atoms with E-state index in [4.69, 9.17) is 4.74 Å². The van der Waals surface area contributed by atoms with E-state index in [1.54, 1.807) is 7.11 Å². The van der Waals surface area contributed by atoms with Crippen molar-refractivity contribution in [1.29, 1.82) is 0 Å². The Morgan fingerprint density at radius 3 is 2.64 bits per heavy atom. The van der Waals surface area contributed by atoms with Gasteiger partial charge in [-0.2, -0.15) is 0 Å². The highest BCUT2D eigenvalue weighted by atomic mass is 79.9. The van der Waals surface area contributed by atoms with Gasteiger partial charge in [0, 0.05) is 24.3 Å². The van der Waals surface area contributed by atoms with Gasteiger partial charge in [-0.25, -0.2) is 0 Å². The molecule has 4 aliphatic rings. The number of amides is 1. The molecule has 0 saturated heterocycles.